The molecule has 3 aromatic carbocycles. The van der Waals surface area contributed by atoms with E-state index in [1.54, 1.807) is 0 Å². The molecular weight excluding hydrogens is 280 g/mol. The Kier molecular flexibility index (Phi) is 4.31. The summed E-state index contributed by atoms with van der Waals surface area (Å²) in [7, 11) is 0. The molecule has 1 nitrogen and oxygen atoms in total. The minimum absolute atomic E-state index is 0.485. The van der Waals surface area contributed by atoms with Gasteiger partial charge in [0.25, 0.3) is 0 Å². The maximum atomic E-state index is 10.1. The lowest BCUT2D eigenvalue weighted by atomic mass is 9.91. The van der Waals surface area contributed by atoms with E-state index < -0.39 is 6.10 Å². The zero-order chi connectivity index (χ0) is 16.4. The minimum atomic E-state index is -0.485. The van der Waals surface area contributed by atoms with Gasteiger partial charge in [-0.2, -0.15) is 0 Å². The van der Waals surface area contributed by atoms with E-state index in [0.717, 1.165) is 16.7 Å². The van der Waals surface area contributed by atoms with Crippen LogP contribution in [0.1, 0.15) is 29.7 Å². The normalized spacial score (nSPS) is 12.2. The molecule has 0 aromatic heterocycles. The topological polar surface area (TPSA) is 20.2 Å². The molecule has 0 bridgehead atoms. The fraction of sp³-hybridized carbons (Fsp3) is 0.182. The van der Waals surface area contributed by atoms with Crippen LogP contribution in [0.5, 0.6) is 0 Å². The van der Waals surface area contributed by atoms with Crippen LogP contribution in [-0.2, 0) is 0 Å². The zero-order valence-corrected chi connectivity index (χ0v) is 13.9. The van der Waals surface area contributed by atoms with Crippen LogP contribution >= 0.6 is 0 Å². The summed E-state index contributed by atoms with van der Waals surface area (Å²) >= 11 is 0. The predicted molar refractivity (Wildman–Crippen MR) is 97.4 cm³/mol. The summed E-state index contributed by atoms with van der Waals surface area (Å²) in [4.78, 5) is 0. The fourth-order valence-electron chi connectivity index (χ4n) is 3.00. The first-order valence-electron chi connectivity index (χ1n) is 8.01. The van der Waals surface area contributed by atoms with Crippen LogP contribution in [0.4, 0.5) is 0 Å². The standard InChI is InChI=1S/C22H22O/c1-15-8-4-6-10-21(15)19-12-18(17(3)23)13-20(14-19)22-11-7-5-9-16(22)2/h4-14,17,23H,1-3H3/t17-/m0/s1. The van der Waals surface area contributed by atoms with E-state index in [2.05, 4.69) is 80.6 Å². The molecular formula is C22H22O. The lowest BCUT2D eigenvalue weighted by molar-refractivity contribution is 0.199. The highest BCUT2D eigenvalue weighted by atomic mass is 16.3. The second kappa shape index (κ2) is 6.39. The minimum Gasteiger partial charge on any atom is -0.389 e. The molecule has 3 aromatic rings. The highest BCUT2D eigenvalue weighted by molar-refractivity contribution is 5.77. The average Bonchev–Trinajstić information content (AvgIpc) is 2.55. The molecule has 0 heterocycles. The molecule has 0 radical (unpaired) electrons. The van der Waals surface area contributed by atoms with Gasteiger partial charge in [0.2, 0.25) is 0 Å². The van der Waals surface area contributed by atoms with Gasteiger partial charge in [0.15, 0.2) is 0 Å². The van der Waals surface area contributed by atoms with E-state index in [9.17, 15) is 5.11 Å². The van der Waals surface area contributed by atoms with E-state index in [1.807, 2.05) is 6.92 Å². The Hall–Kier alpha value is -2.38. The Morgan fingerprint density at radius 2 is 1.13 bits per heavy atom. The summed E-state index contributed by atoms with van der Waals surface area (Å²) in [5, 5.41) is 10.1. The van der Waals surface area contributed by atoms with Gasteiger partial charge in [-0.25, -0.2) is 0 Å². The van der Waals surface area contributed by atoms with Gasteiger partial charge in [-0.3, -0.25) is 0 Å². The van der Waals surface area contributed by atoms with Gasteiger partial charge in [-0.15, -0.1) is 0 Å². The monoisotopic (exact) mass is 302 g/mol. The highest BCUT2D eigenvalue weighted by Crippen LogP contribution is 2.33. The number of benzene rings is 3. The van der Waals surface area contributed by atoms with Crippen molar-refractivity contribution in [3.05, 3.63) is 83.4 Å². The third-order valence-electron chi connectivity index (χ3n) is 4.35. The number of rotatable bonds is 3. The maximum Gasteiger partial charge on any atom is 0.0762 e. The van der Waals surface area contributed by atoms with Crippen molar-refractivity contribution in [2.75, 3.05) is 0 Å². The molecule has 0 saturated heterocycles. The first-order chi connectivity index (χ1) is 11.1. The highest BCUT2D eigenvalue weighted by Gasteiger charge is 2.10. The third kappa shape index (κ3) is 3.20. The van der Waals surface area contributed by atoms with Gasteiger partial charge in [0, 0.05) is 0 Å². The second-order valence-corrected chi connectivity index (χ2v) is 6.15. The molecule has 0 amide bonds. The molecule has 116 valence electrons. The number of aliphatic hydroxyl groups is 1. The lowest BCUT2D eigenvalue weighted by Gasteiger charge is -2.15. The number of aryl methyl sites for hydroxylation is 2. The Labute approximate surface area is 138 Å². The second-order valence-electron chi connectivity index (χ2n) is 6.15. The van der Waals surface area contributed by atoms with E-state index in [0.29, 0.717) is 0 Å². The molecule has 0 aliphatic carbocycles. The van der Waals surface area contributed by atoms with Crippen molar-refractivity contribution < 1.29 is 5.11 Å². The number of aliphatic hydroxyl groups excluding tert-OH is 1. The van der Waals surface area contributed by atoms with Crippen LogP contribution in [0, 0.1) is 13.8 Å². The Morgan fingerprint density at radius 3 is 1.52 bits per heavy atom. The molecule has 1 atom stereocenters. The lowest BCUT2D eigenvalue weighted by Crippen LogP contribution is -1.95. The van der Waals surface area contributed by atoms with E-state index in [-0.39, 0.29) is 0 Å². The Balaban J connectivity index is 2.23. The summed E-state index contributed by atoms with van der Waals surface area (Å²) in [6.07, 6.45) is -0.485. The fourth-order valence-corrected chi connectivity index (χ4v) is 3.00. The van der Waals surface area contributed by atoms with Crippen LogP contribution < -0.4 is 0 Å². The van der Waals surface area contributed by atoms with Gasteiger partial charge >= 0.3 is 0 Å². The largest absolute Gasteiger partial charge is 0.389 e. The first kappa shape index (κ1) is 15.5. The number of hydrogen-bond acceptors (Lipinski definition) is 1. The van der Waals surface area contributed by atoms with Crippen LogP contribution in [0.15, 0.2) is 66.7 Å². The van der Waals surface area contributed by atoms with Crippen molar-refractivity contribution in [3.63, 3.8) is 0 Å². The zero-order valence-electron chi connectivity index (χ0n) is 13.9. The molecule has 3 rings (SSSR count). The van der Waals surface area contributed by atoms with Crippen LogP contribution in [-0.4, -0.2) is 5.11 Å². The SMILES string of the molecule is Cc1ccccc1-c1cc(-c2ccccc2C)cc([C@H](C)O)c1. The van der Waals surface area contributed by atoms with Crippen molar-refractivity contribution in [2.24, 2.45) is 0 Å². The van der Waals surface area contributed by atoms with Gasteiger partial charge in [0.05, 0.1) is 6.10 Å². The predicted octanol–water partition coefficient (Wildman–Crippen LogP) is 5.69. The van der Waals surface area contributed by atoms with Crippen molar-refractivity contribution in [3.8, 4) is 22.3 Å². The Morgan fingerprint density at radius 1 is 0.696 bits per heavy atom. The van der Waals surface area contributed by atoms with E-state index >= 15 is 0 Å². The molecule has 0 saturated carbocycles. The molecule has 23 heavy (non-hydrogen) atoms. The molecule has 0 unspecified atom stereocenters. The van der Waals surface area contributed by atoms with E-state index in [4.69, 9.17) is 0 Å². The van der Waals surface area contributed by atoms with E-state index in [1.165, 1.54) is 22.3 Å². The summed E-state index contributed by atoms with van der Waals surface area (Å²) in [5.41, 5.74) is 8.16. The van der Waals surface area contributed by atoms with Gasteiger partial charge in [0.1, 0.15) is 0 Å². The molecule has 0 fully saturated rings. The van der Waals surface area contributed by atoms with Crippen LogP contribution in [0.2, 0.25) is 0 Å². The van der Waals surface area contributed by atoms with Gasteiger partial charge in [-0.05, 0) is 77.9 Å². The average molecular weight is 302 g/mol. The van der Waals surface area contributed by atoms with Crippen molar-refractivity contribution in [2.45, 2.75) is 26.9 Å². The molecule has 0 spiro atoms. The quantitative estimate of drug-likeness (QED) is 0.659. The van der Waals surface area contributed by atoms with Crippen LogP contribution in [0.3, 0.4) is 0 Å². The maximum absolute atomic E-state index is 10.1. The summed E-state index contributed by atoms with van der Waals surface area (Å²) in [6, 6.07) is 23.2. The molecule has 0 aliphatic rings. The molecule has 1 N–H and O–H groups in total. The summed E-state index contributed by atoms with van der Waals surface area (Å²) < 4.78 is 0. The first-order valence-corrected chi connectivity index (χ1v) is 8.01. The van der Waals surface area contributed by atoms with Crippen molar-refractivity contribution in [1.82, 2.24) is 0 Å². The summed E-state index contributed by atoms with van der Waals surface area (Å²) in [5.74, 6) is 0. The van der Waals surface area contributed by atoms with Gasteiger partial charge in [-0.1, -0.05) is 48.5 Å². The molecule has 0 aliphatic heterocycles. The van der Waals surface area contributed by atoms with Crippen molar-refractivity contribution in [1.29, 1.82) is 0 Å². The third-order valence-corrected chi connectivity index (χ3v) is 4.35. The molecule has 1 heteroatoms. The smallest absolute Gasteiger partial charge is 0.0762 e. The number of hydrogen-bond donors (Lipinski definition) is 1. The van der Waals surface area contributed by atoms with Gasteiger partial charge < -0.3 is 5.11 Å². The van der Waals surface area contributed by atoms with Crippen molar-refractivity contribution >= 4 is 0 Å². The van der Waals surface area contributed by atoms with Crippen LogP contribution in [0.25, 0.3) is 22.3 Å². The Bertz CT molecular complexity index is 767. The summed E-state index contributed by atoms with van der Waals surface area (Å²) in [6.45, 7) is 6.06.